The molecule has 0 fully saturated rings. The van der Waals surface area contributed by atoms with E-state index in [0.29, 0.717) is 5.58 Å². The molecule has 0 aliphatic carbocycles. The van der Waals surface area contributed by atoms with Crippen LogP contribution in [0.5, 0.6) is 0 Å². The molecule has 0 radical (unpaired) electrons. The first-order valence-corrected chi connectivity index (χ1v) is 5.08. The maximum atomic E-state index is 13.1. The zero-order chi connectivity index (χ0) is 11.7. The van der Waals surface area contributed by atoms with Crippen molar-refractivity contribution in [1.29, 1.82) is 0 Å². The topological polar surface area (TPSA) is 55.2 Å². The van der Waals surface area contributed by atoms with Crippen LogP contribution in [-0.4, -0.2) is 17.1 Å². The predicted octanol–water partition coefficient (Wildman–Crippen LogP) is 2.86. The Morgan fingerprint density at radius 3 is 3.06 bits per heavy atom. The third-order valence-electron chi connectivity index (χ3n) is 2.41. The molecule has 0 aliphatic heterocycles. The van der Waals surface area contributed by atoms with E-state index < -0.39 is 11.8 Å². The van der Waals surface area contributed by atoms with E-state index in [1.165, 1.54) is 6.07 Å². The molecule has 0 spiro atoms. The van der Waals surface area contributed by atoms with E-state index in [2.05, 4.69) is 4.98 Å². The Morgan fingerprint density at radius 1 is 1.69 bits per heavy atom. The second kappa shape index (κ2) is 4.00. The standard InChI is InChI=1S/C11H12FNO3/c1-3-6(2)16-11(14)8-4-9-10(13-8)7(12)5-15-9/h4-6,13H,3H2,1-2H3. The summed E-state index contributed by atoms with van der Waals surface area (Å²) >= 11 is 0. The van der Waals surface area contributed by atoms with Crippen LogP contribution in [0.4, 0.5) is 4.39 Å². The fourth-order valence-electron chi connectivity index (χ4n) is 1.32. The van der Waals surface area contributed by atoms with Gasteiger partial charge in [-0.2, -0.15) is 0 Å². The summed E-state index contributed by atoms with van der Waals surface area (Å²) in [6.07, 6.45) is 1.56. The lowest BCUT2D eigenvalue weighted by molar-refractivity contribution is 0.0328. The number of furan rings is 1. The monoisotopic (exact) mass is 225 g/mol. The largest absolute Gasteiger partial charge is 0.459 e. The third-order valence-corrected chi connectivity index (χ3v) is 2.41. The maximum absolute atomic E-state index is 13.1. The number of aromatic amines is 1. The number of ether oxygens (including phenoxy) is 1. The Balaban J connectivity index is 2.23. The Morgan fingerprint density at radius 2 is 2.44 bits per heavy atom. The Kier molecular flexibility index (Phi) is 2.68. The number of rotatable bonds is 3. The molecule has 4 nitrogen and oxygen atoms in total. The molecule has 0 aliphatic rings. The maximum Gasteiger partial charge on any atom is 0.355 e. The summed E-state index contributed by atoms with van der Waals surface area (Å²) in [5.74, 6) is -1.02. The number of fused-ring (bicyclic) bond motifs is 1. The summed E-state index contributed by atoms with van der Waals surface area (Å²) in [5, 5.41) is 0. The molecule has 0 saturated heterocycles. The molecule has 2 rings (SSSR count). The van der Waals surface area contributed by atoms with Crippen LogP contribution >= 0.6 is 0 Å². The van der Waals surface area contributed by atoms with Gasteiger partial charge in [0, 0.05) is 6.07 Å². The molecule has 0 amide bonds. The predicted molar refractivity (Wildman–Crippen MR) is 55.7 cm³/mol. The van der Waals surface area contributed by atoms with E-state index >= 15 is 0 Å². The van der Waals surface area contributed by atoms with E-state index in [1.54, 1.807) is 6.92 Å². The molecule has 1 atom stereocenters. The molecule has 2 aromatic rings. The number of hydrogen-bond donors (Lipinski definition) is 1. The molecule has 0 saturated carbocycles. The van der Waals surface area contributed by atoms with Crippen LogP contribution in [-0.2, 0) is 4.74 Å². The minimum atomic E-state index is -0.516. The van der Waals surface area contributed by atoms with E-state index in [9.17, 15) is 9.18 Å². The smallest absolute Gasteiger partial charge is 0.355 e. The summed E-state index contributed by atoms with van der Waals surface area (Å²) in [4.78, 5) is 14.2. The van der Waals surface area contributed by atoms with Crippen LogP contribution in [0, 0.1) is 5.82 Å². The number of hydrogen-bond acceptors (Lipinski definition) is 3. The molecule has 2 aromatic heterocycles. The zero-order valence-electron chi connectivity index (χ0n) is 9.04. The van der Waals surface area contributed by atoms with Crippen molar-refractivity contribution in [3.63, 3.8) is 0 Å². The van der Waals surface area contributed by atoms with Crippen LogP contribution in [0.25, 0.3) is 11.1 Å². The molecule has 16 heavy (non-hydrogen) atoms. The molecule has 1 N–H and O–H groups in total. The molecule has 1 unspecified atom stereocenters. The number of aromatic nitrogens is 1. The van der Waals surface area contributed by atoms with Crippen LogP contribution in [0.2, 0.25) is 0 Å². The number of esters is 1. The molecule has 5 heteroatoms. The van der Waals surface area contributed by atoms with Crippen molar-refractivity contribution < 1.29 is 18.3 Å². The summed E-state index contributed by atoms with van der Waals surface area (Å²) in [6, 6.07) is 1.43. The lowest BCUT2D eigenvalue weighted by Gasteiger charge is -2.09. The second-order valence-corrected chi connectivity index (χ2v) is 3.63. The third kappa shape index (κ3) is 1.80. The second-order valence-electron chi connectivity index (χ2n) is 3.63. The normalized spacial score (nSPS) is 12.9. The van der Waals surface area contributed by atoms with Crippen molar-refractivity contribution in [3.05, 3.63) is 23.8 Å². The van der Waals surface area contributed by atoms with Crippen LogP contribution in [0.15, 0.2) is 16.7 Å². The van der Waals surface area contributed by atoms with Gasteiger partial charge >= 0.3 is 5.97 Å². The number of nitrogens with one attached hydrogen (secondary N) is 1. The first-order valence-electron chi connectivity index (χ1n) is 5.08. The molecular weight excluding hydrogens is 213 g/mol. The van der Waals surface area contributed by atoms with E-state index in [-0.39, 0.29) is 17.3 Å². The van der Waals surface area contributed by atoms with Crippen molar-refractivity contribution in [1.82, 2.24) is 4.98 Å². The van der Waals surface area contributed by atoms with Gasteiger partial charge in [0.25, 0.3) is 0 Å². The highest BCUT2D eigenvalue weighted by atomic mass is 19.1. The quantitative estimate of drug-likeness (QED) is 0.817. The summed E-state index contributed by atoms with van der Waals surface area (Å²) in [7, 11) is 0. The average molecular weight is 225 g/mol. The SMILES string of the molecule is CCC(C)OC(=O)c1cc2occ(F)c2[nH]1. The highest BCUT2D eigenvalue weighted by molar-refractivity contribution is 5.93. The summed E-state index contributed by atoms with van der Waals surface area (Å²) < 4.78 is 23.1. The highest BCUT2D eigenvalue weighted by Gasteiger charge is 2.17. The first-order chi connectivity index (χ1) is 7.61. The Hall–Kier alpha value is -1.78. The van der Waals surface area contributed by atoms with Crippen LogP contribution < -0.4 is 0 Å². The van der Waals surface area contributed by atoms with E-state index in [0.717, 1.165) is 12.7 Å². The highest BCUT2D eigenvalue weighted by Crippen LogP contribution is 2.20. The number of carbonyl (C=O) groups excluding carboxylic acids is 1. The Bertz CT molecular complexity index is 514. The minimum absolute atomic E-state index is 0.160. The van der Waals surface area contributed by atoms with Gasteiger partial charge in [-0.3, -0.25) is 0 Å². The Labute approximate surface area is 91.4 Å². The van der Waals surface area contributed by atoms with Crippen molar-refractivity contribution in [3.8, 4) is 0 Å². The molecule has 0 bridgehead atoms. The fraction of sp³-hybridized carbons (Fsp3) is 0.364. The lowest BCUT2D eigenvalue weighted by atomic mass is 10.3. The van der Waals surface area contributed by atoms with Crippen molar-refractivity contribution in [2.75, 3.05) is 0 Å². The number of halogens is 1. The number of H-pyrrole nitrogens is 1. The zero-order valence-corrected chi connectivity index (χ0v) is 9.04. The van der Waals surface area contributed by atoms with Gasteiger partial charge in [0.15, 0.2) is 11.4 Å². The van der Waals surface area contributed by atoms with Gasteiger partial charge in [-0.25, -0.2) is 9.18 Å². The van der Waals surface area contributed by atoms with Crippen molar-refractivity contribution in [2.24, 2.45) is 0 Å². The minimum Gasteiger partial charge on any atom is -0.459 e. The van der Waals surface area contributed by atoms with Crippen LogP contribution in [0.1, 0.15) is 30.8 Å². The fourth-order valence-corrected chi connectivity index (χ4v) is 1.32. The molecule has 2 heterocycles. The van der Waals surface area contributed by atoms with Gasteiger partial charge in [-0.05, 0) is 13.3 Å². The van der Waals surface area contributed by atoms with Gasteiger partial charge in [0.2, 0.25) is 0 Å². The molecular formula is C11H12FNO3. The summed E-state index contributed by atoms with van der Waals surface area (Å²) in [5.41, 5.74) is 0.707. The lowest BCUT2D eigenvalue weighted by Crippen LogP contribution is -2.14. The van der Waals surface area contributed by atoms with Gasteiger partial charge < -0.3 is 14.1 Å². The first kappa shape index (κ1) is 10.7. The average Bonchev–Trinajstić information content (AvgIpc) is 2.81. The molecule has 86 valence electrons. The van der Waals surface area contributed by atoms with E-state index in [1.807, 2.05) is 6.92 Å². The van der Waals surface area contributed by atoms with Crippen molar-refractivity contribution >= 4 is 17.1 Å². The summed E-state index contributed by atoms with van der Waals surface area (Å²) in [6.45, 7) is 3.71. The van der Waals surface area contributed by atoms with Gasteiger partial charge in [-0.1, -0.05) is 6.92 Å². The number of carbonyl (C=O) groups is 1. The van der Waals surface area contributed by atoms with Gasteiger partial charge in [-0.15, -0.1) is 0 Å². The van der Waals surface area contributed by atoms with E-state index in [4.69, 9.17) is 9.15 Å². The van der Waals surface area contributed by atoms with Crippen molar-refractivity contribution in [2.45, 2.75) is 26.4 Å². The molecule has 0 aromatic carbocycles. The van der Waals surface area contributed by atoms with Gasteiger partial charge in [0.05, 0.1) is 6.10 Å². The van der Waals surface area contributed by atoms with Gasteiger partial charge in [0.1, 0.15) is 17.5 Å². The van der Waals surface area contributed by atoms with Crippen LogP contribution in [0.3, 0.4) is 0 Å².